The van der Waals surface area contributed by atoms with Crippen molar-refractivity contribution in [2.75, 3.05) is 5.32 Å². The number of H-pyrrole nitrogens is 1. The van der Waals surface area contributed by atoms with Crippen molar-refractivity contribution >= 4 is 22.6 Å². The highest BCUT2D eigenvalue weighted by atomic mass is 19.1. The Morgan fingerprint density at radius 3 is 2.64 bits per heavy atom. The molecule has 5 nitrogen and oxygen atoms in total. The molecule has 1 amide bonds. The van der Waals surface area contributed by atoms with Gasteiger partial charge in [-0.25, -0.2) is 14.4 Å². The highest BCUT2D eigenvalue weighted by molar-refractivity contribution is 6.03. The van der Waals surface area contributed by atoms with E-state index in [-0.39, 0.29) is 11.7 Å². The number of aromatic nitrogens is 3. The number of rotatable bonds is 4. The quantitative estimate of drug-likeness (QED) is 0.498. The maximum atomic E-state index is 13.7. The van der Waals surface area contributed by atoms with E-state index in [1.165, 1.54) is 12.1 Å². The lowest BCUT2D eigenvalue weighted by Crippen LogP contribution is -2.11. The number of nitrogens with one attached hydrogen (secondary N) is 2. The molecular formula is C22H17FN4O. The minimum absolute atomic E-state index is 0.243. The first-order chi connectivity index (χ1) is 13.5. The monoisotopic (exact) mass is 372 g/mol. The first-order valence-corrected chi connectivity index (χ1v) is 8.69. The van der Waals surface area contributed by atoms with Gasteiger partial charge in [-0.3, -0.25) is 4.79 Å². The van der Waals surface area contributed by atoms with E-state index in [0.717, 1.165) is 10.9 Å². The number of carbonyl (C=O) groups excluding carboxylic acids is 1. The summed E-state index contributed by atoms with van der Waals surface area (Å²) in [4.78, 5) is 24.2. The number of carbonyl (C=O) groups is 1. The molecule has 28 heavy (non-hydrogen) atoms. The van der Waals surface area contributed by atoms with Gasteiger partial charge in [0.15, 0.2) is 5.82 Å². The maximum Gasteiger partial charge on any atom is 0.250 e. The highest BCUT2D eigenvalue weighted by Gasteiger charge is 2.13. The van der Waals surface area contributed by atoms with Crippen LogP contribution in [0.4, 0.5) is 10.1 Å². The van der Waals surface area contributed by atoms with Gasteiger partial charge in [0, 0.05) is 34.0 Å². The van der Waals surface area contributed by atoms with E-state index in [1.807, 2.05) is 24.3 Å². The van der Waals surface area contributed by atoms with Gasteiger partial charge in [0.2, 0.25) is 0 Å². The van der Waals surface area contributed by atoms with E-state index >= 15 is 0 Å². The van der Waals surface area contributed by atoms with Crippen LogP contribution in [-0.2, 0) is 4.79 Å². The van der Waals surface area contributed by atoms with Crippen molar-refractivity contribution in [3.8, 4) is 22.6 Å². The fourth-order valence-electron chi connectivity index (χ4n) is 2.90. The minimum atomic E-state index is -0.348. The molecule has 0 saturated heterocycles. The van der Waals surface area contributed by atoms with Crippen LogP contribution < -0.4 is 5.32 Å². The SMILES string of the molecule is C=C(C)C(=O)Nc1cccc(-c2nc(-c3cccc(F)c3)nc3[nH]ccc23)c1. The van der Waals surface area contributed by atoms with Crippen molar-refractivity contribution in [3.63, 3.8) is 0 Å². The Hall–Kier alpha value is -3.80. The number of nitrogens with zero attached hydrogens (tertiary/aromatic N) is 2. The van der Waals surface area contributed by atoms with Crippen molar-refractivity contribution in [3.05, 3.63) is 78.8 Å². The van der Waals surface area contributed by atoms with Gasteiger partial charge in [-0.05, 0) is 37.3 Å². The second kappa shape index (κ2) is 7.08. The van der Waals surface area contributed by atoms with Crippen LogP contribution in [0.2, 0.25) is 0 Å². The van der Waals surface area contributed by atoms with Crippen LogP contribution in [0.1, 0.15) is 6.92 Å². The fraction of sp³-hybridized carbons (Fsp3) is 0.0455. The Morgan fingerprint density at radius 1 is 1.07 bits per heavy atom. The van der Waals surface area contributed by atoms with Gasteiger partial charge in [-0.1, -0.05) is 30.8 Å². The van der Waals surface area contributed by atoms with Crippen LogP contribution in [0.3, 0.4) is 0 Å². The largest absolute Gasteiger partial charge is 0.346 e. The number of hydrogen-bond donors (Lipinski definition) is 2. The molecule has 0 saturated carbocycles. The molecule has 4 aromatic rings. The Kier molecular flexibility index (Phi) is 4.45. The molecule has 2 N–H and O–H groups in total. The van der Waals surface area contributed by atoms with Crippen molar-refractivity contribution in [2.45, 2.75) is 6.92 Å². The molecule has 0 aliphatic carbocycles. The number of anilines is 1. The smallest absolute Gasteiger partial charge is 0.250 e. The summed E-state index contributed by atoms with van der Waals surface area (Å²) in [7, 11) is 0. The molecule has 0 atom stereocenters. The van der Waals surface area contributed by atoms with Crippen LogP contribution in [0, 0.1) is 5.82 Å². The first-order valence-electron chi connectivity index (χ1n) is 8.69. The summed E-state index contributed by atoms with van der Waals surface area (Å²) < 4.78 is 13.7. The third-order valence-corrected chi connectivity index (χ3v) is 4.28. The molecule has 0 radical (unpaired) electrons. The van der Waals surface area contributed by atoms with Gasteiger partial charge in [-0.15, -0.1) is 0 Å². The van der Waals surface area contributed by atoms with E-state index in [0.29, 0.717) is 34.0 Å². The molecule has 0 unspecified atom stereocenters. The number of benzene rings is 2. The Balaban J connectivity index is 1.83. The van der Waals surface area contributed by atoms with Gasteiger partial charge >= 0.3 is 0 Å². The zero-order chi connectivity index (χ0) is 19.7. The summed E-state index contributed by atoms with van der Waals surface area (Å²) in [5.41, 5.74) is 3.81. The van der Waals surface area contributed by atoms with Crippen molar-refractivity contribution < 1.29 is 9.18 Å². The van der Waals surface area contributed by atoms with Crippen LogP contribution in [0.5, 0.6) is 0 Å². The van der Waals surface area contributed by atoms with E-state index in [4.69, 9.17) is 0 Å². The average molecular weight is 372 g/mol. The fourth-order valence-corrected chi connectivity index (χ4v) is 2.90. The molecule has 138 valence electrons. The molecule has 2 aromatic carbocycles. The molecule has 0 bridgehead atoms. The van der Waals surface area contributed by atoms with Gasteiger partial charge in [0.1, 0.15) is 11.5 Å². The van der Waals surface area contributed by atoms with Crippen LogP contribution >= 0.6 is 0 Å². The standard InChI is InChI=1S/C22H17FN4O/c1-13(2)22(28)25-17-8-4-5-14(12-17)19-18-9-10-24-21(18)27-20(26-19)15-6-3-7-16(23)11-15/h3-12H,1H2,2H3,(H,25,28)(H,24,26,27). The summed E-state index contributed by atoms with van der Waals surface area (Å²) in [5.74, 6) is -0.174. The first kappa shape index (κ1) is 17.6. The molecule has 0 fully saturated rings. The molecule has 0 aliphatic rings. The molecule has 4 rings (SSSR count). The van der Waals surface area contributed by atoms with Crippen LogP contribution in [0.15, 0.2) is 72.9 Å². The zero-order valence-electron chi connectivity index (χ0n) is 15.2. The molecule has 0 aliphatic heterocycles. The number of amides is 1. The van der Waals surface area contributed by atoms with E-state index in [1.54, 1.807) is 31.3 Å². The summed E-state index contributed by atoms with van der Waals surface area (Å²) >= 11 is 0. The summed E-state index contributed by atoms with van der Waals surface area (Å²) in [6.45, 7) is 5.30. The van der Waals surface area contributed by atoms with Crippen LogP contribution in [-0.4, -0.2) is 20.9 Å². The molecule has 6 heteroatoms. The number of aromatic amines is 1. The predicted molar refractivity (Wildman–Crippen MR) is 108 cm³/mol. The lowest BCUT2D eigenvalue weighted by atomic mass is 10.1. The van der Waals surface area contributed by atoms with Gasteiger partial charge < -0.3 is 10.3 Å². The lowest BCUT2D eigenvalue weighted by Gasteiger charge is -2.09. The summed E-state index contributed by atoms with van der Waals surface area (Å²) in [6.07, 6.45) is 1.78. The van der Waals surface area contributed by atoms with Crippen LogP contribution in [0.25, 0.3) is 33.7 Å². The Morgan fingerprint density at radius 2 is 1.86 bits per heavy atom. The summed E-state index contributed by atoms with van der Waals surface area (Å²) in [6, 6.07) is 15.4. The van der Waals surface area contributed by atoms with E-state index in [2.05, 4.69) is 26.8 Å². The zero-order valence-corrected chi connectivity index (χ0v) is 15.2. The Labute approximate surface area is 161 Å². The second-order valence-electron chi connectivity index (χ2n) is 6.46. The number of halogens is 1. The van der Waals surface area contributed by atoms with E-state index in [9.17, 15) is 9.18 Å². The predicted octanol–water partition coefficient (Wildman–Crippen LogP) is 4.95. The topological polar surface area (TPSA) is 70.7 Å². The lowest BCUT2D eigenvalue weighted by molar-refractivity contribution is -0.112. The van der Waals surface area contributed by atoms with Crippen molar-refractivity contribution in [1.82, 2.24) is 15.0 Å². The minimum Gasteiger partial charge on any atom is -0.346 e. The Bertz CT molecular complexity index is 1210. The van der Waals surface area contributed by atoms with Crippen molar-refractivity contribution in [1.29, 1.82) is 0 Å². The average Bonchev–Trinajstić information content (AvgIpc) is 3.16. The normalized spacial score (nSPS) is 10.8. The number of hydrogen-bond acceptors (Lipinski definition) is 3. The maximum absolute atomic E-state index is 13.7. The molecular weight excluding hydrogens is 355 g/mol. The molecule has 2 aromatic heterocycles. The molecule has 2 heterocycles. The van der Waals surface area contributed by atoms with Crippen molar-refractivity contribution in [2.24, 2.45) is 0 Å². The summed E-state index contributed by atoms with van der Waals surface area (Å²) in [5, 5.41) is 3.64. The highest BCUT2D eigenvalue weighted by Crippen LogP contribution is 2.30. The van der Waals surface area contributed by atoms with E-state index < -0.39 is 0 Å². The number of fused-ring (bicyclic) bond motifs is 1. The van der Waals surface area contributed by atoms with Gasteiger partial charge in [0.25, 0.3) is 5.91 Å². The van der Waals surface area contributed by atoms with Gasteiger partial charge in [0.05, 0.1) is 5.69 Å². The van der Waals surface area contributed by atoms with Gasteiger partial charge in [-0.2, -0.15) is 0 Å². The third-order valence-electron chi connectivity index (χ3n) is 4.28. The second-order valence-corrected chi connectivity index (χ2v) is 6.46. The molecule has 0 spiro atoms. The third kappa shape index (κ3) is 3.40.